The number of rotatable bonds is 9. The third-order valence-electron chi connectivity index (χ3n) is 3.95. The first-order chi connectivity index (χ1) is 13.4. The molecule has 1 atom stereocenters. The summed E-state index contributed by atoms with van der Waals surface area (Å²) in [4.78, 5) is 22.7. The van der Waals surface area contributed by atoms with Crippen molar-refractivity contribution < 1.29 is 28.7 Å². The summed E-state index contributed by atoms with van der Waals surface area (Å²) >= 11 is 0. The molecule has 1 N–H and O–H groups in total. The zero-order valence-electron chi connectivity index (χ0n) is 16.1. The Hall–Kier alpha value is -3.49. The van der Waals surface area contributed by atoms with Gasteiger partial charge in [0.25, 0.3) is 11.6 Å². The number of ether oxygens (including phenoxy) is 4. The van der Waals surface area contributed by atoms with Crippen LogP contribution in [0.3, 0.4) is 0 Å². The highest BCUT2D eigenvalue weighted by molar-refractivity contribution is 5.80. The van der Waals surface area contributed by atoms with E-state index in [0.29, 0.717) is 17.2 Å². The normalized spacial score (nSPS) is 11.3. The number of nitro groups is 1. The average molecular weight is 390 g/mol. The molecule has 150 valence electrons. The van der Waals surface area contributed by atoms with E-state index in [4.69, 9.17) is 18.9 Å². The molecule has 9 nitrogen and oxygen atoms in total. The van der Waals surface area contributed by atoms with Gasteiger partial charge in [-0.25, -0.2) is 0 Å². The van der Waals surface area contributed by atoms with Gasteiger partial charge in [0.05, 0.1) is 32.3 Å². The van der Waals surface area contributed by atoms with E-state index in [0.717, 1.165) is 5.56 Å². The number of non-ortho nitro benzene ring substituents is 1. The van der Waals surface area contributed by atoms with Crippen molar-refractivity contribution in [3.63, 3.8) is 0 Å². The van der Waals surface area contributed by atoms with E-state index < -0.39 is 11.0 Å². The molecule has 0 saturated carbocycles. The van der Waals surface area contributed by atoms with Gasteiger partial charge in [-0.2, -0.15) is 0 Å². The highest BCUT2D eigenvalue weighted by Gasteiger charge is 2.19. The number of nitrogens with one attached hydrogen (secondary N) is 1. The lowest BCUT2D eigenvalue weighted by molar-refractivity contribution is -0.385. The number of carbonyl (C=O) groups is 1. The van der Waals surface area contributed by atoms with Crippen molar-refractivity contribution in [1.29, 1.82) is 0 Å². The molecule has 0 bridgehead atoms. The van der Waals surface area contributed by atoms with Crippen molar-refractivity contribution >= 4 is 11.6 Å². The summed E-state index contributed by atoms with van der Waals surface area (Å²) in [5.74, 6) is 1.17. The maximum atomic E-state index is 12.3. The summed E-state index contributed by atoms with van der Waals surface area (Å²) in [6.07, 6.45) is -0.893. The summed E-state index contributed by atoms with van der Waals surface area (Å²) in [7, 11) is 4.49. The van der Waals surface area contributed by atoms with E-state index >= 15 is 0 Å². The van der Waals surface area contributed by atoms with E-state index in [9.17, 15) is 14.9 Å². The van der Waals surface area contributed by atoms with Gasteiger partial charge >= 0.3 is 0 Å². The lowest BCUT2D eigenvalue weighted by Gasteiger charge is -2.17. The number of amides is 1. The predicted molar refractivity (Wildman–Crippen MR) is 101 cm³/mol. The first-order valence-electron chi connectivity index (χ1n) is 8.37. The lowest BCUT2D eigenvalue weighted by Crippen LogP contribution is -2.36. The minimum absolute atomic E-state index is 0.116. The molecule has 1 amide bonds. The number of hydrogen-bond donors (Lipinski definition) is 1. The molecule has 0 fully saturated rings. The molecule has 0 spiro atoms. The lowest BCUT2D eigenvalue weighted by atomic mass is 10.2. The zero-order chi connectivity index (χ0) is 20.7. The Morgan fingerprint density at radius 2 is 1.61 bits per heavy atom. The van der Waals surface area contributed by atoms with Gasteiger partial charge in [0.15, 0.2) is 29.1 Å². The van der Waals surface area contributed by atoms with Crippen LogP contribution in [0.5, 0.6) is 23.0 Å². The van der Waals surface area contributed by atoms with Crippen LogP contribution < -0.4 is 24.3 Å². The van der Waals surface area contributed by atoms with Crippen LogP contribution in [0, 0.1) is 10.1 Å². The maximum Gasteiger partial charge on any atom is 0.273 e. The first kappa shape index (κ1) is 20.8. The largest absolute Gasteiger partial charge is 0.493 e. The fourth-order valence-electron chi connectivity index (χ4n) is 2.44. The van der Waals surface area contributed by atoms with Crippen molar-refractivity contribution in [2.45, 2.75) is 19.6 Å². The Morgan fingerprint density at radius 1 is 1.00 bits per heavy atom. The molecule has 0 heterocycles. The van der Waals surface area contributed by atoms with Crippen LogP contribution in [0.15, 0.2) is 36.4 Å². The molecule has 9 heteroatoms. The molecule has 0 aliphatic heterocycles. The van der Waals surface area contributed by atoms with E-state index in [2.05, 4.69) is 5.32 Å². The van der Waals surface area contributed by atoms with Gasteiger partial charge in [-0.05, 0) is 30.7 Å². The number of benzene rings is 2. The van der Waals surface area contributed by atoms with Gasteiger partial charge in [0.1, 0.15) is 0 Å². The highest BCUT2D eigenvalue weighted by Crippen LogP contribution is 2.32. The SMILES string of the molecule is COc1ccc(CNC(=O)C(C)Oc2cc([N+](=O)[O-])ccc2OC)cc1OC. The van der Waals surface area contributed by atoms with Crippen LogP contribution in [0.1, 0.15) is 12.5 Å². The topological polar surface area (TPSA) is 109 Å². The second kappa shape index (κ2) is 9.45. The van der Waals surface area contributed by atoms with Crippen LogP contribution in [-0.2, 0) is 11.3 Å². The van der Waals surface area contributed by atoms with Gasteiger partial charge in [-0.15, -0.1) is 0 Å². The molecule has 0 radical (unpaired) electrons. The molecular weight excluding hydrogens is 368 g/mol. The standard InChI is InChI=1S/C19H22N2O7/c1-12(28-18-10-14(21(23)24)6-8-16(18)26-3)19(22)20-11-13-5-7-15(25-2)17(9-13)27-4/h5-10,12H,11H2,1-4H3,(H,20,22). The summed E-state index contributed by atoms with van der Waals surface area (Å²) in [5.41, 5.74) is 0.653. The van der Waals surface area contributed by atoms with Gasteiger partial charge in [0.2, 0.25) is 0 Å². The molecule has 2 aromatic carbocycles. The summed E-state index contributed by atoms with van der Waals surface area (Å²) in [6.45, 7) is 1.79. The summed E-state index contributed by atoms with van der Waals surface area (Å²) < 4.78 is 21.1. The van der Waals surface area contributed by atoms with Crippen molar-refractivity contribution in [2.24, 2.45) is 0 Å². The fraction of sp³-hybridized carbons (Fsp3) is 0.316. The van der Waals surface area contributed by atoms with E-state index in [1.165, 1.54) is 32.4 Å². The molecule has 0 aliphatic rings. The molecule has 1 unspecified atom stereocenters. The molecular formula is C19H22N2O7. The van der Waals surface area contributed by atoms with Crippen molar-refractivity contribution in [3.8, 4) is 23.0 Å². The van der Waals surface area contributed by atoms with Crippen molar-refractivity contribution in [2.75, 3.05) is 21.3 Å². The minimum Gasteiger partial charge on any atom is -0.493 e. The van der Waals surface area contributed by atoms with E-state index in [1.54, 1.807) is 32.2 Å². The number of nitro benzene ring substituents is 1. The zero-order valence-corrected chi connectivity index (χ0v) is 16.1. The Labute approximate surface area is 162 Å². The number of carbonyl (C=O) groups excluding carboxylic acids is 1. The van der Waals surface area contributed by atoms with Crippen molar-refractivity contribution in [1.82, 2.24) is 5.32 Å². The third-order valence-corrected chi connectivity index (χ3v) is 3.95. The van der Waals surface area contributed by atoms with Gasteiger partial charge in [-0.3, -0.25) is 14.9 Å². The van der Waals surface area contributed by atoms with Crippen LogP contribution in [-0.4, -0.2) is 38.3 Å². The Bertz CT molecular complexity index is 854. The van der Waals surface area contributed by atoms with Gasteiger partial charge < -0.3 is 24.3 Å². The van der Waals surface area contributed by atoms with Gasteiger partial charge in [-0.1, -0.05) is 6.07 Å². The average Bonchev–Trinajstić information content (AvgIpc) is 2.71. The Morgan fingerprint density at radius 3 is 2.21 bits per heavy atom. The molecule has 0 aliphatic carbocycles. The summed E-state index contributed by atoms with van der Waals surface area (Å²) in [6, 6.07) is 9.24. The Balaban J connectivity index is 2.03. The second-order valence-electron chi connectivity index (χ2n) is 5.76. The molecule has 2 aromatic rings. The molecule has 0 aromatic heterocycles. The quantitative estimate of drug-likeness (QED) is 0.518. The fourth-order valence-corrected chi connectivity index (χ4v) is 2.44. The summed E-state index contributed by atoms with van der Waals surface area (Å²) in [5, 5.41) is 13.7. The second-order valence-corrected chi connectivity index (χ2v) is 5.76. The van der Waals surface area contributed by atoms with Crippen LogP contribution in [0.4, 0.5) is 5.69 Å². The smallest absolute Gasteiger partial charge is 0.273 e. The van der Waals surface area contributed by atoms with Gasteiger partial charge in [0, 0.05) is 12.6 Å². The number of hydrogen-bond acceptors (Lipinski definition) is 7. The monoisotopic (exact) mass is 390 g/mol. The third kappa shape index (κ3) is 5.03. The number of methoxy groups -OCH3 is 3. The van der Waals surface area contributed by atoms with E-state index in [1.807, 2.05) is 0 Å². The maximum absolute atomic E-state index is 12.3. The highest BCUT2D eigenvalue weighted by atomic mass is 16.6. The van der Waals surface area contributed by atoms with Crippen molar-refractivity contribution in [3.05, 3.63) is 52.1 Å². The molecule has 28 heavy (non-hydrogen) atoms. The number of nitrogens with zero attached hydrogens (tertiary/aromatic N) is 1. The first-order valence-corrected chi connectivity index (χ1v) is 8.37. The predicted octanol–water partition coefficient (Wildman–Crippen LogP) is 2.70. The Kier molecular flexibility index (Phi) is 7.02. The molecule has 2 rings (SSSR count). The van der Waals surface area contributed by atoms with Crippen LogP contribution in [0.25, 0.3) is 0 Å². The van der Waals surface area contributed by atoms with Crippen LogP contribution >= 0.6 is 0 Å². The van der Waals surface area contributed by atoms with Crippen LogP contribution in [0.2, 0.25) is 0 Å². The minimum atomic E-state index is -0.893. The molecule has 0 saturated heterocycles. The van der Waals surface area contributed by atoms with E-state index in [-0.39, 0.29) is 23.9 Å².